The lowest BCUT2D eigenvalue weighted by Crippen LogP contribution is -2.14. The lowest BCUT2D eigenvalue weighted by atomic mass is 10.3. The molecule has 7 nitrogen and oxygen atoms in total. The fourth-order valence-corrected chi connectivity index (χ4v) is 1.79. The number of primary sulfonamides is 1. The van der Waals surface area contributed by atoms with Crippen molar-refractivity contribution in [1.29, 1.82) is 0 Å². The van der Waals surface area contributed by atoms with Crippen LogP contribution in [0.4, 0.5) is 5.69 Å². The first-order chi connectivity index (χ1) is 7.86. The van der Waals surface area contributed by atoms with Crippen LogP contribution in [0.1, 0.15) is 0 Å². The zero-order chi connectivity index (χ0) is 13.1. The molecule has 0 bridgehead atoms. The fourth-order valence-electron chi connectivity index (χ4n) is 1.10. The van der Waals surface area contributed by atoms with Crippen molar-refractivity contribution >= 4 is 15.7 Å². The second-order valence-electron chi connectivity index (χ2n) is 3.03. The van der Waals surface area contributed by atoms with E-state index in [1.165, 1.54) is 12.1 Å². The Kier molecular flexibility index (Phi) is 3.81. The molecule has 2 N–H and O–H groups in total. The molecule has 0 saturated heterocycles. The number of sulfonamides is 1. The van der Waals surface area contributed by atoms with E-state index in [0.717, 1.165) is 12.1 Å². The Labute approximate surface area is 97.7 Å². The molecule has 92 valence electrons. The van der Waals surface area contributed by atoms with Crippen molar-refractivity contribution in [3.63, 3.8) is 0 Å². The molecule has 0 saturated carbocycles. The summed E-state index contributed by atoms with van der Waals surface area (Å²) in [6.45, 7) is 3.47. The molecule has 0 unspecified atom stereocenters. The third kappa shape index (κ3) is 3.26. The molecule has 1 rings (SSSR count). The third-order valence-corrected chi connectivity index (χ3v) is 2.73. The van der Waals surface area contributed by atoms with Gasteiger partial charge in [0, 0.05) is 12.1 Å². The summed E-state index contributed by atoms with van der Waals surface area (Å²) in [6, 6.07) is 3.17. The zero-order valence-corrected chi connectivity index (χ0v) is 9.51. The van der Waals surface area contributed by atoms with E-state index < -0.39 is 19.8 Å². The largest absolute Gasteiger partial charge is 0.488 e. The molecule has 8 heteroatoms. The van der Waals surface area contributed by atoms with Crippen LogP contribution in [0.25, 0.3) is 0 Å². The minimum absolute atomic E-state index is 0.0435. The number of nitro groups is 1. The Bertz CT molecular complexity index is 553. The predicted octanol–water partition coefficient (Wildman–Crippen LogP) is 0.807. The van der Waals surface area contributed by atoms with Crippen LogP contribution in [0.15, 0.2) is 35.7 Å². The molecule has 1 aromatic carbocycles. The molecule has 0 aromatic heterocycles. The van der Waals surface area contributed by atoms with Gasteiger partial charge in [0.15, 0.2) is 0 Å². The van der Waals surface area contributed by atoms with Crippen molar-refractivity contribution in [3.05, 3.63) is 41.0 Å². The Morgan fingerprint density at radius 2 is 2.18 bits per heavy atom. The molecule has 0 heterocycles. The molecule has 1 aromatic rings. The zero-order valence-electron chi connectivity index (χ0n) is 8.70. The molecular weight excluding hydrogens is 248 g/mol. The van der Waals surface area contributed by atoms with Crippen molar-refractivity contribution < 1.29 is 18.1 Å². The van der Waals surface area contributed by atoms with Crippen LogP contribution < -0.4 is 9.88 Å². The highest BCUT2D eigenvalue weighted by Gasteiger charge is 2.19. The van der Waals surface area contributed by atoms with Gasteiger partial charge in [-0.2, -0.15) is 0 Å². The first-order valence-electron chi connectivity index (χ1n) is 4.41. The van der Waals surface area contributed by atoms with E-state index in [4.69, 9.17) is 9.88 Å². The number of ether oxygens (including phenoxy) is 1. The van der Waals surface area contributed by atoms with E-state index in [2.05, 4.69) is 6.58 Å². The van der Waals surface area contributed by atoms with E-state index in [-0.39, 0.29) is 18.0 Å². The number of non-ortho nitro benzene ring substituents is 1. The topological polar surface area (TPSA) is 113 Å². The number of nitro benzene ring substituents is 1. The average molecular weight is 258 g/mol. The van der Waals surface area contributed by atoms with Crippen molar-refractivity contribution in [2.75, 3.05) is 6.61 Å². The van der Waals surface area contributed by atoms with E-state index in [9.17, 15) is 18.5 Å². The van der Waals surface area contributed by atoms with Gasteiger partial charge in [-0.05, 0) is 6.07 Å². The maximum Gasteiger partial charge on any atom is 0.271 e. The number of nitrogens with zero attached hydrogens (tertiary/aromatic N) is 1. The molecule has 17 heavy (non-hydrogen) atoms. The van der Waals surface area contributed by atoms with Gasteiger partial charge in [0.25, 0.3) is 5.69 Å². The Balaban J connectivity index is 3.31. The molecular formula is C9H10N2O5S. The standard InChI is InChI=1S/C9H10N2O5S/c1-2-5-16-8-4-3-7(11(12)13)6-9(8)17(10,14)15/h2-4,6H,1,5H2,(H2,10,14,15). The highest BCUT2D eigenvalue weighted by atomic mass is 32.2. The predicted molar refractivity (Wildman–Crippen MR) is 60.2 cm³/mol. The van der Waals surface area contributed by atoms with Gasteiger partial charge in [-0.3, -0.25) is 10.1 Å². The van der Waals surface area contributed by atoms with Crippen LogP contribution in [0.2, 0.25) is 0 Å². The molecule has 0 fully saturated rings. The van der Waals surface area contributed by atoms with Gasteiger partial charge in [0.05, 0.1) is 4.92 Å². The first kappa shape index (κ1) is 13.1. The third-order valence-electron chi connectivity index (χ3n) is 1.80. The van der Waals surface area contributed by atoms with Crippen LogP contribution in [-0.2, 0) is 10.0 Å². The van der Waals surface area contributed by atoms with Gasteiger partial charge in [-0.25, -0.2) is 13.6 Å². The van der Waals surface area contributed by atoms with E-state index >= 15 is 0 Å². The van der Waals surface area contributed by atoms with E-state index in [1.807, 2.05) is 0 Å². The van der Waals surface area contributed by atoms with Crippen LogP contribution >= 0.6 is 0 Å². The summed E-state index contributed by atoms with van der Waals surface area (Å²) in [7, 11) is -4.08. The Morgan fingerprint density at radius 1 is 1.53 bits per heavy atom. The number of rotatable bonds is 5. The van der Waals surface area contributed by atoms with Gasteiger partial charge in [-0.15, -0.1) is 0 Å². The molecule has 0 spiro atoms. The van der Waals surface area contributed by atoms with Crippen LogP contribution in [0.5, 0.6) is 5.75 Å². The van der Waals surface area contributed by atoms with Crippen molar-refractivity contribution in [2.24, 2.45) is 5.14 Å². The lowest BCUT2D eigenvalue weighted by Gasteiger charge is -2.07. The van der Waals surface area contributed by atoms with Crippen molar-refractivity contribution in [2.45, 2.75) is 4.90 Å². The minimum Gasteiger partial charge on any atom is -0.488 e. The molecule has 0 radical (unpaired) electrons. The second kappa shape index (κ2) is 4.93. The fraction of sp³-hybridized carbons (Fsp3) is 0.111. The first-order valence-corrected chi connectivity index (χ1v) is 5.96. The summed E-state index contributed by atoms with van der Waals surface area (Å²) in [4.78, 5) is 9.38. The van der Waals surface area contributed by atoms with Crippen molar-refractivity contribution in [1.82, 2.24) is 0 Å². The van der Waals surface area contributed by atoms with Gasteiger partial charge in [0.1, 0.15) is 17.3 Å². The Morgan fingerprint density at radius 3 is 2.65 bits per heavy atom. The quantitative estimate of drug-likeness (QED) is 0.477. The Hall–Kier alpha value is -1.93. The molecule has 0 amide bonds. The normalized spacial score (nSPS) is 10.9. The summed E-state index contributed by atoms with van der Waals surface area (Å²) in [6.07, 6.45) is 1.41. The summed E-state index contributed by atoms with van der Waals surface area (Å²) in [5.41, 5.74) is -0.375. The summed E-state index contributed by atoms with van der Waals surface area (Å²) in [5, 5.41) is 15.5. The van der Waals surface area contributed by atoms with Gasteiger partial charge in [-0.1, -0.05) is 12.7 Å². The SMILES string of the molecule is C=CCOc1ccc([N+](=O)[O-])cc1S(N)(=O)=O. The van der Waals surface area contributed by atoms with E-state index in [1.54, 1.807) is 0 Å². The summed E-state index contributed by atoms with van der Waals surface area (Å²) < 4.78 is 27.5. The monoisotopic (exact) mass is 258 g/mol. The highest BCUT2D eigenvalue weighted by Crippen LogP contribution is 2.27. The number of hydrogen-bond donors (Lipinski definition) is 1. The van der Waals surface area contributed by atoms with E-state index in [0.29, 0.717) is 0 Å². The number of benzene rings is 1. The number of hydrogen-bond acceptors (Lipinski definition) is 5. The van der Waals surface area contributed by atoms with Gasteiger partial charge >= 0.3 is 0 Å². The lowest BCUT2D eigenvalue weighted by molar-refractivity contribution is -0.385. The smallest absolute Gasteiger partial charge is 0.271 e. The van der Waals surface area contributed by atoms with Gasteiger partial charge < -0.3 is 4.74 Å². The molecule has 0 aliphatic carbocycles. The second-order valence-corrected chi connectivity index (χ2v) is 4.56. The maximum atomic E-state index is 11.2. The average Bonchev–Trinajstić information content (AvgIpc) is 2.24. The van der Waals surface area contributed by atoms with Gasteiger partial charge in [0.2, 0.25) is 10.0 Å². The highest BCUT2D eigenvalue weighted by molar-refractivity contribution is 7.89. The van der Waals surface area contributed by atoms with Crippen molar-refractivity contribution in [3.8, 4) is 5.75 Å². The summed E-state index contributed by atoms with van der Waals surface area (Å²) in [5.74, 6) is -0.0435. The molecule has 0 aliphatic heterocycles. The molecule has 0 aliphatic rings. The molecule has 0 atom stereocenters. The number of nitrogens with two attached hydrogens (primary N) is 1. The van der Waals surface area contributed by atoms with Crippen LogP contribution in [0.3, 0.4) is 0 Å². The van der Waals surface area contributed by atoms with Crippen LogP contribution in [0, 0.1) is 10.1 Å². The summed E-state index contributed by atoms with van der Waals surface area (Å²) >= 11 is 0. The maximum absolute atomic E-state index is 11.2. The minimum atomic E-state index is -4.08. The van der Waals surface area contributed by atoms with Crippen LogP contribution in [-0.4, -0.2) is 19.9 Å².